The molecule has 2 aromatic rings. The number of benzene rings is 2. The molecule has 4 rings (SSSR count). The summed E-state index contributed by atoms with van der Waals surface area (Å²) in [5.41, 5.74) is 4.33. The number of ether oxygens (including phenoxy) is 1. The van der Waals surface area contributed by atoms with Gasteiger partial charge in [0, 0.05) is 18.6 Å². The van der Waals surface area contributed by atoms with Gasteiger partial charge in [-0.1, -0.05) is 61.0 Å². The van der Waals surface area contributed by atoms with Crippen LogP contribution in [-0.2, 0) is 11.3 Å². The van der Waals surface area contributed by atoms with Crippen molar-refractivity contribution in [3.8, 4) is 0 Å². The van der Waals surface area contributed by atoms with E-state index in [1.54, 1.807) is 5.57 Å². The van der Waals surface area contributed by atoms with Crippen molar-refractivity contribution >= 4 is 12.0 Å². The van der Waals surface area contributed by atoms with Crippen LogP contribution < -0.4 is 5.32 Å². The molecular weight excluding hydrogens is 456 g/mol. The van der Waals surface area contributed by atoms with E-state index in [1.165, 1.54) is 36.8 Å². The van der Waals surface area contributed by atoms with Gasteiger partial charge < -0.3 is 10.1 Å². The molecule has 2 aliphatic rings. The molecule has 0 bridgehead atoms. The van der Waals surface area contributed by atoms with E-state index >= 15 is 0 Å². The molecule has 1 unspecified atom stereocenters. The molecule has 0 amide bonds. The largest absolute Gasteiger partial charge is 0.456 e. The third-order valence-corrected chi connectivity index (χ3v) is 7.71. The molecule has 3 atom stereocenters. The van der Waals surface area contributed by atoms with Gasteiger partial charge in [-0.3, -0.25) is 4.90 Å². The lowest BCUT2D eigenvalue weighted by Gasteiger charge is -2.33. The molecule has 2 fully saturated rings. The third kappa shape index (κ3) is 8.55. The Kier molecular flexibility index (Phi) is 9.26. The fourth-order valence-electron chi connectivity index (χ4n) is 5.68. The highest BCUT2D eigenvalue weighted by molar-refractivity contribution is 5.89. The average molecular weight is 503 g/mol. The van der Waals surface area contributed by atoms with Gasteiger partial charge in [0.1, 0.15) is 5.60 Å². The van der Waals surface area contributed by atoms with E-state index in [0.717, 1.165) is 32.0 Å². The molecule has 4 nitrogen and oxygen atoms in total. The van der Waals surface area contributed by atoms with Crippen molar-refractivity contribution in [3.63, 3.8) is 0 Å². The number of piperidine rings is 1. The summed E-state index contributed by atoms with van der Waals surface area (Å²) in [6.45, 7) is 13.6. The minimum Gasteiger partial charge on any atom is -0.456 e. The highest BCUT2D eigenvalue weighted by Gasteiger charge is 2.39. The molecule has 1 heterocycles. The first-order valence-corrected chi connectivity index (χ1v) is 14.3. The van der Waals surface area contributed by atoms with Crippen LogP contribution in [0.3, 0.4) is 0 Å². The fourth-order valence-corrected chi connectivity index (χ4v) is 5.68. The van der Waals surface area contributed by atoms with E-state index in [4.69, 9.17) is 4.74 Å². The smallest absolute Gasteiger partial charge is 0.338 e. The number of carbonyl (C=O) groups is 1. The average Bonchev–Trinajstić information content (AvgIpc) is 3.62. The lowest BCUT2D eigenvalue weighted by molar-refractivity contribution is 0.00695. The Labute approximate surface area is 224 Å². The van der Waals surface area contributed by atoms with Crippen molar-refractivity contribution in [3.05, 3.63) is 76.9 Å². The standard InChI is InChI=1S/C33H46N2O2/c1-6-28(21-25-10-8-7-9-11-25)30-22-31(30)34-24(2)20-26-16-18-35(19-17-26)23-27-12-14-29(15-13-27)32(36)37-33(3,4)5/h7-15,21,24,26,30-31,34H,6,16-20,22-23H2,1-5H3/b28-21+/t24?,30-,31+/m0/s1. The number of hydrogen-bond donors (Lipinski definition) is 1. The van der Waals surface area contributed by atoms with Crippen molar-refractivity contribution < 1.29 is 9.53 Å². The Bertz CT molecular complexity index is 1030. The molecule has 1 N–H and O–H groups in total. The SMILES string of the molecule is CC/C(=C\c1ccccc1)[C@@H]1C[C@H]1NC(C)CC1CCN(Cc2ccc(C(=O)OC(C)(C)C)cc2)CC1. The van der Waals surface area contributed by atoms with Crippen LogP contribution in [0, 0.1) is 11.8 Å². The Morgan fingerprint density at radius 1 is 1.08 bits per heavy atom. The van der Waals surface area contributed by atoms with Gasteiger partial charge in [-0.15, -0.1) is 0 Å². The van der Waals surface area contributed by atoms with Gasteiger partial charge in [0.25, 0.3) is 0 Å². The summed E-state index contributed by atoms with van der Waals surface area (Å²) in [4.78, 5) is 14.8. The molecule has 37 heavy (non-hydrogen) atoms. The molecule has 0 spiro atoms. The molecule has 200 valence electrons. The monoisotopic (exact) mass is 502 g/mol. The summed E-state index contributed by atoms with van der Waals surface area (Å²) < 4.78 is 5.47. The molecule has 0 radical (unpaired) electrons. The Hall–Kier alpha value is -2.43. The van der Waals surface area contributed by atoms with Crippen LogP contribution in [0.5, 0.6) is 0 Å². The lowest BCUT2D eigenvalue weighted by atomic mass is 9.90. The second-order valence-electron chi connectivity index (χ2n) is 12.2. The van der Waals surface area contributed by atoms with Crippen LogP contribution in [-0.4, -0.2) is 41.6 Å². The summed E-state index contributed by atoms with van der Waals surface area (Å²) in [6, 6.07) is 19.9. The van der Waals surface area contributed by atoms with E-state index in [0.29, 0.717) is 23.6 Å². The zero-order valence-corrected chi connectivity index (χ0v) is 23.5. The predicted octanol–water partition coefficient (Wildman–Crippen LogP) is 7.10. The Morgan fingerprint density at radius 3 is 2.38 bits per heavy atom. The van der Waals surface area contributed by atoms with Crippen LogP contribution in [0.2, 0.25) is 0 Å². The van der Waals surface area contributed by atoms with Gasteiger partial charge in [0.05, 0.1) is 5.56 Å². The molecular formula is C33H46N2O2. The van der Waals surface area contributed by atoms with Crippen molar-refractivity contribution in [1.29, 1.82) is 0 Å². The first kappa shape index (κ1) is 27.6. The third-order valence-electron chi connectivity index (χ3n) is 7.71. The summed E-state index contributed by atoms with van der Waals surface area (Å²) in [7, 11) is 0. The number of nitrogens with zero attached hydrogens (tertiary/aromatic N) is 1. The minimum atomic E-state index is -0.467. The first-order chi connectivity index (χ1) is 17.7. The quantitative estimate of drug-likeness (QED) is 0.352. The van der Waals surface area contributed by atoms with Crippen LogP contribution >= 0.6 is 0 Å². The van der Waals surface area contributed by atoms with E-state index in [2.05, 4.69) is 72.6 Å². The van der Waals surface area contributed by atoms with Gasteiger partial charge in [0.2, 0.25) is 0 Å². The van der Waals surface area contributed by atoms with Crippen LogP contribution in [0.1, 0.15) is 88.2 Å². The van der Waals surface area contributed by atoms with Gasteiger partial charge in [-0.05, 0) is 108 Å². The van der Waals surface area contributed by atoms with Crippen LogP contribution in [0.15, 0.2) is 60.2 Å². The summed E-state index contributed by atoms with van der Waals surface area (Å²) >= 11 is 0. The molecule has 2 aromatic carbocycles. The second kappa shape index (κ2) is 12.4. The number of likely N-dealkylation sites (tertiary alicyclic amines) is 1. The molecule has 0 aromatic heterocycles. The molecule has 4 heteroatoms. The highest BCUT2D eigenvalue weighted by Crippen LogP contribution is 2.40. The number of rotatable bonds is 10. The van der Waals surface area contributed by atoms with Crippen molar-refractivity contribution in [2.75, 3.05) is 13.1 Å². The highest BCUT2D eigenvalue weighted by atomic mass is 16.6. The first-order valence-electron chi connectivity index (χ1n) is 14.3. The lowest BCUT2D eigenvalue weighted by Crippen LogP contribution is -2.37. The normalized spacial score (nSPS) is 22.0. The molecule has 1 aliphatic heterocycles. The maximum Gasteiger partial charge on any atom is 0.338 e. The van der Waals surface area contributed by atoms with Crippen molar-refractivity contribution in [1.82, 2.24) is 10.2 Å². The summed E-state index contributed by atoms with van der Waals surface area (Å²) in [6.07, 6.45) is 8.62. The minimum absolute atomic E-state index is 0.252. The zero-order valence-electron chi connectivity index (χ0n) is 23.5. The summed E-state index contributed by atoms with van der Waals surface area (Å²) in [5.74, 6) is 1.26. The van der Waals surface area contributed by atoms with E-state index in [1.807, 2.05) is 32.9 Å². The van der Waals surface area contributed by atoms with Gasteiger partial charge in [-0.25, -0.2) is 4.79 Å². The second-order valence-corrected chi connectivity index (χ2v) is 12.2. The fraction of sp³-hybridized carbons (Fsp3) is 0.545. The maximum absolute atomic E-state index is 12.3. The van der Waals surface area contributed by atoms with E-state index < -0.39 is 5.60 Å². The molecule has 1 aliphatic carbocycles. The van der Waals surface area contributed by atoms with E-state index in [-0.39, 0.29) is 5.97 Å². The molecule has 1 saturated heterocycles. The van der Waals surface area contributed by atoms with Gasteiger partial charge >= 0.3 is 5.97 Å². The topological polar surface area (TPSA) is 41.6 Å². The van der Waals surface area contributed by atoms with Gasteiger partial charge in [-0.2, -0.15) is 0 Å². The number of nitrogens with one attached hydrogen (secondary N) is 1. The summed E-state index contributed by atoms with van der Waals surface area (Å²) in [5, 5.41) is 3.94. The Morgan fingerprint density at radius 2 is 1.76 bits per heavy atom. The van der Waals surface area contributed by atoms with Crippen molar-refractivity contribution in [2.24, 2.45) is 11.8 Å². The number of carbonyl (C=O) groups excluding carboxylic acids is 1. The number of esters is 1. The predicted molar refractivity (Wildman–Crippen MR) is 153 cm³/mol. The number of hydrogen-bond acceptors (Lipinski definition) is 4. The maximum atomic E-state index is 12.3. The van der Waals surface area contributed by atoms with Crippen molar-refractivity contribution in [2.45, 2.75) is 91.0 Å². The van der Waals surface area contributed by atoms with Crippen LogP contribution in [0.4, 0.5) is 0 Å². The zero-order chi connectivity index (χ0) is 26.4. The molecule has 1 saturated carbocycles. The van der Waals surface area contributed by atoms with Crippen LogP contribution in [0.25, 0.3) is 6.08 Å². The van der Waals surface area contributed by atoms with Gasteiger partial charge in [0.15, 0.2) is 0 Å². The Balaban J connectivity index is 1.17. The van der Waals surface area contributed by atoms with E-state index in [9.17, 15) is 4.79 Å².